The number of rotatable bonds is 10. The Labute approximate surface area is 213 Å². The van der Waals surface area contributed by atoms with E-state index in [9.17, 15) is 14.0 Å². The van der Waals surface area contributed by atoms with Gasteiger partial charge in [-0.1, -0.05) is 36.4 Å². The van der Waals surface area contributed by atoms with Crippen LogP contribution in [-0.2, 0) is 17.6 Å². The monoisotopic (exact) mass is 499 g/mol. The fourth-order valence-corrected chi connectivity index (χ4v) is 3.73. The minimum absolute atomic E-state index is 0.0286. The van der Waals surface area contributed by atoms with Crippen LogP contribution >= 0.6 is 0 Å². The number of aromatic nitrogens is 2. The van der Waals surface area contributed by atoms with E-state index < -0.39 is 0 Å². The highest BCUT2D eigenvalue weighted by molar-refractivity contribution is 5.95. The summed E-state index contributed by atoms with van der Waals surface area (Å²) in [6.07, 6.45) is 3.39. The Balaban J connectivity index is 1.37. The number of nitrogens with one attached hydrogen (secondary N) is 2. The average molecular weight is 500 g/mol. The molecule has 0 aliphatic rings. The Morgan fingerprint density at radius 2 is 1.84 bits per heavy atom. The lowest BCUT2D eigenvalue weighted by molar-refractivity contribution is -0.117. The van der Waals surface area contributed by atoms with Gasteiger partial charge in [0.25, 0.3) is 5.91 Å². The second kappa shape index (κ2) is 11.3. The van der Waals surface area contributed by atoms with Crippen molar-refractivity contribution in [2.45, 2.75) is 19.8 Å². The molecule has 0 aliphatic carbocycles. The molecule has 0 radical (unpaired) electrons. The largest absolute Gasteiger partial charge is 0.511 e. The Hall–Kier alpha value is -4.72. The number of pyridine rings is 1. The quantitative estimate of drug-likeness (QED) is 0.251. The van der Waals surface area contributed by atoms with Crippen molar-refractivity contribution in [2.75, 3.05) is 6.54 Å². The van der Waals surface area contributed by atoms with Gasteiger partial charge in [0.05, 0.1) is 23.5 Å². The molecule has 188 valence electrons. The van der Waals surface area contributed by atoms with E-state index in [2.05, 4.69) is 21.9 Å². The maximum atomic E-state index is 14.0. The first kappa shape index (κ1) is 25.4. The van der Waals surface area contributed by atoms with Gasteiger partial charge in [-0.15, -0.1) is 0 Å². The van der Waals surface area contributed by atoms with Crippen molar-refractivity contribution in [1.82, 2.24) is 15.3 Å². The number of H-pyrrole nitrogens is 1. The summed E-state index contributed by atoms with van der Waals surface area (Å²) in [6.45, 7) is 5.17. The standard InChI is InChI=1S/C29H26FN3O4/c1-18-3-8-26(30)21(11-18)13-23(35)12-20-4-6-24(7-5-20)37-25-9-10-31-28(15-25)27-14-22(17-32-27)29(36)33-16-19(2)34/h3-11,14-15,17,32,34H,2,12-13,16H2,1H3,(H,33,36). The Morgan fingerprint density at radius 3 is 2.59 bits per heavy atom. The molecule has 4 aromatic rings. The molecule has 3 N–H and O–H groups in total. The smallest absolute Gasteiger partial charge is 0.253 e. The molecule has 2 aromatic heterocycles. The number of aryl methyl sites for hydroxylation is 1. The van der Waals surface area contributed by atoms with Gasteiger partial charge in [-0.05, 0) is 48.4 Å². The summed E-state index contributed by atoms with van der Waals surface area (Å²) in [4.78, 5) is 31.9. The number of hydrogen-bond donors (Lipinski definition) is 3. The highest BCUT2D eigenvalue weighted by Gasteiger charge is 2.12. The van der Waals surface area contributed by atoms with Crippen LogP contribution in [0.4, 0.5) is 4.39 Å². The van der Waals surface area contributed by atoms with Crippen molar-refractivity contribution >= 4 is 11.7 Å². The number of ketones is 1. The molecule has 0 atom stereocenters. The number of hydrogen-bond acceptors (Lipinski definition) is 5. The summed E-state index contributed by atoms with van der Waals surface area (Å²) in [7, 11) is 0. The molecule has 0 saturated heterocycles. The molecule has 2 heterocycles. The van der Waals surface area contributed by atoms with Gasteiger partial charge in [0.15, 0.2) is 0 Å². The number of carbonyl (C=O) groups is 2. The second-order valence-electron chi connectivity index (χ2n) is 8.66. The zero-order chi connectivity index (χ0) is 26.4. The number of aromatic amines is 1. The average Bonchev–Trinajstić information content (AvgIpc) is 3.37. The highest BCUT2D eigenvalue weighted by Crippen LogP contribution is 2.26. The van der Waals surface area contributed by atoms with Crippen LogP contribution in [0.25, 0.3) is 11.4 Å². The lowest BCUT2D eigenvalue weighted by atomic mass is 10.0. The molecule has 0 unspecified atom stereocenters. The predicted molar refractivity (Wildman–Crippen MR) is 138 cm³/mol. The van der Waals surface area contributed by atoms with Gasteiger partial charge < -0.3 is 20.1 Å². The first-order chi connectivity index (χ1) is 17.8. The molecule has 7 nitrogen and oxygen atoms in total. The molecule has 0 bridgehead atoms. The third-order valence-electron chi connectivity index (χ3n) is 5.55. The van der Waals surface area contributed by atoms with Gasteiger partial charge in [0, 0.05) is 31.3 Å². The van der Waals surface area contributed by atoms with Gasteiger partial charge >= 0.3 is 0 Å². The number of aliphatic hydroxyl groups is 1. The maximum Gasteiger partial charge on any atom is 0.253 e. The third-order valence-corrected chi connectivity index (χ3v) is 5.55. The van der Waals surface area contributed by atoms with Crippen molar-refractivity contribution in [3.8, 4) is 22.9 Å². The SMILES string of the molecule is C=C(O)CNC(=O)c1c[nH]c(-c2cc(Oc3ccc(CC(=O)Cc4cc(C)ccc4F)cc3)ccn2)c1. The summed E-state index contributed by atoms with van der Waals surface area (Å²) in [6, 6.07) is 17.0. The second-order valence-corrected chi connectivity index (χ2v) is 8.66. The zero-order valence-corrected chi connectivity index (χ0v) is 20.3. The van der Waals surface area contributed by atoms with E-state index in [-0.39, 0.29) is 42.7 Å². The minimum atomic E-state index is -0.369. The molecule has 0 saturated carbocycles. The van der Waals surface area contributed by atoms with E-state index in [1.807, 2.05) is 6.92 Å². The molecule has 8 heteroatoms. The van der Waals surface area contributed by atoms with Crippen LogP contribution in [0.2, 0.25) is 0 Å². The van der Waals surface area contributed by atoms with Crippen LogP contribution in [0.5, 0.6) is 11.5 Å². The first-order valence-electron chi connectivity index (χ1n) is 11.6. The molecular weight excluding hydrogens is 473 g/mol. The number of carbonyl (C=O) groups excluding carboxylic acids is 2. The Bertz CT molecular complexity index is 1440. The van der Waals surface area contributed by atoms with Gasteiger partial charge in [-0.2, -0.15) is 0 Å². The summed E-state index contributed by atoms with van der Waals surface area (Å²) in [5.74, 6) is 0.193. The topological polar surface area (TPSA) is 104 Å². The zero-order valence-electron chi connectivity index (χ0n) is 20.3. The lowest BCUT2D eigenvalue weighted by Crippen LogP contribution is -2.24. The summed E-state index contributed by atoms with van der Waals surface area (Å²) in [5, 5.41) is 11.7. The van der Waals surface area contributed by atoms with Crippen LogP contribution in [0.15, 0.2) is 85.4 Å². The minimum Gasteiger partial charge on any atom is -0.511 e. The van der Waals surface area contributed by atoms with Crippen molar-refractivity contribution in [3.05, 3.63) is 113 Å². The molecule has 2 aromatic carbocycles. The number of benzene rings is 2. The Morgan fingerprint density at radius 1 is 1.05 bits per heavy atom. The number of aliphatic hydroxyl groups excluding tert-OH is 1. The van der Waals surface area contributed by atoms with Crippen LogP contribution in [-0.4, -0.2) is 33.3 Å². The molecule has 4 rings (SSSR count). The van der Waals surface area contributed by atoms with Crippen molar-refractivity contribution in [3.63, 3.8) is 0 Å². The van der Waals surface area contributed by atoms with E-state index in [4.69, 9.17) is 9.84 Å². The van der Waals surface area contributed by atoms with E-state index in [0.717, 1.165) is 11.1 Å². The first-order valence-corrected chi connectivity index (χ1v) is 11.6. The van der Waals surface area contributed by atoms with Crippen LogP contribution in [0, 0.1) is 12.7 Å². The molecule has 0 fully saturated rings. The highest BCUT2D eigenvalue weighted by atomic mass is 19.1. The number of ether oxygens (including phenoxy) is 1. The molecule has 0 aliphatic heterocycles. The molecule has 37 heavy (non-hydrogen) atoms. The van der Waals surface area contributed by atoms with Gasteiger partial charge in [0.2, 0.25) is 0 Å². The fraction of sp³-hybridized carbons (Fsp3) is 0.138. The molecule has 0 spiro atoms. The van der Waals surface area contributed by atoms with Gasteiger partial charge in [-0.25, -0.2) is 4.39 Å². The number of nitrogens with zero attached hydrogens (tertiary/aromatic N) is 1. The summed E-state index contributed by atoms with van der Waals surface area (Å²) in [5.41, 5.74) is 3.72. The third kappa shape index (κ3) is 6.91. The normalized spacial score (nSPS) is 10.6. The number of amides is 1. The molecule has 1 amide bonds. The fourth-order valence-electron chi connectivity index (χ4n) is 3.73. The molecular formula is C29H26FN3O4. The van der Waals surface area contributed by atoms with E-state index in [1.165, 1.54) is 6.07 Å². The van der Waals surface area contributed by atoms with Crippen molar-refractivity contribution in [2.24, 2.45) is 0 Å². The van der Waals surface area contributed by atoms with Crippen molar-refractivity contribution < 1.29 is 23.8 Å². The number of Topliss-reactive ketones (excluding diaryl/α,β-unsaturated/α-hetero) is 1. The van der Waals surface area contributed by atoms with E-state index in [1.54, 1.807) is 67.0 Å². The van der Waals surface area contributed by atoms with Gasteiger partial charge in [0.1, 0.15) is 28.9 Å². The van der Waals surface area contributed by atoms with Crippen LogP contribution < -0.4 is 10.1 Å². The Kier molecular flexibility index (Phi) is 7.78. The maximum absolute atomic E-state index is 14.0. The van der Waals surface area contributed by atoms with E-state index >= 15 is 0 Å². The van der Waals surface area contributed by atoms with Crippen molar-refractivity contribution in [1.29, 1.82) is 0 Å². The summed E-state index contributed by atoms with van der Waals surface area (Å²) >= 11 is 0. The predicted octanol–water partition coefficient (Wildman–Crippen LogP) is 5.47. The van der Waals surface area contributed by atoms with Crippen LogP contribution in [0.3, 0.4) is 0 Å². The van der Waals surface area contributed by atoms with Gasteiger partial charge in [-0.3, -0.25) is 14.6 Å². The lowest BCUT2D eigenvalue weighted by Gasteiger charge is -2.08. The number of halogens is 1. The van der Waals surface area contributed by atoms with E-state index in [0.29, 0.717) is 34.0 Å². The van der Waals surface area contributed by atoms with Crippen LogP contribution in [0.1, 0.15) is 27.0 Å². The summed E-state index contributed by atoms with van der Waals surface area (Å²) < 4.78 is 19.9.